The Morgan fingerprint density at radius 2 is 2.39 bits per heavy atom. The van der Waals surface area contributed by atoms with Crippen LogP contribution in [0.25, 0.3) is 0 Å². The Kier molecular flexibility index (Phi) is 3.57. The first-order valence-electron chi connectivity index (χ1n) is 5.26. The summed E-state index contributed by atoms with van der Waals surface area (Å²) in [4.78, 5) is 18.8. The first-order valence-corrected chi connectivity index (χ1v) is 5.26. The van der Waals surface area contributed by atoms with Gasteiger partial charge in [-0.2, -0.15) is 4.98 Å². The molecule has 2 rings (SSSR count). The number of anilines is 1. The van der Waals surface area contributed by atoms with E-state index >= 15 is 0 Å². The van der Waals surface area contributed by atoms with Gasteiger partial charge in [-0.3, -0.25) is 4.57 Å². The van der Waals surface area contributed by atoms with Crippen LogP contribution in [0.3, 0.4) is 0 Å². The molecule has 1 saturated heterocycles. The summed E-state index contributed by atoms with van der Waals surface area (Å²) in [6.45, 7) is -0.387. The third-order valence-electron chi connectivity index (χ3n) is 2.78. The first kappa shape index (κ1) is 12.9. The molecular weight excluding hydrogens is 244 g/mol. The zero-order valence-corrected chi connectivity index (χ0v) is 9.63. The molecule has 1 aromatic heterocycles. The van der Waals surface area contributed by atoms with Gasteiger partial charge in [0, 0.05) is 7.11 Å². The number of nitrogens with two attached hydrogens (primary N) is 1. The van der Waals surface area contributed by atoms with Gasteiger partial charge in [-0.15, -0.1) is 0 Å². The van der Waals surface area contributed by atoms with Crippen LogP contribution in [-0.2, 0) is 9.47 Å². The maximum atomic E-state index is 11.6. The molecule has 4 N–H and O–H groups in total. The number of rotatable bonds is 3. The van der Waals surface area contributed by atoms with Crippen molar-refractivity contribution in [2.75, 3.05) is 19.5 Å². The van der Waals surface area contributed by atoms with Gasteiger partial charge in [-0.1, -0.05) is 0 Å². The second-order valence-electron chi connectivity index (χ2n) is 3.84. The average molecular weight is 258 g/mol. The van der Waals surface area contributed by atoms with Crippen LogP contribution in [0.4, 0.5) is 5.95 Å². The van der Waals surface area contributed by atoms with Crippen LogP contribution in [0.5, 0.6) is 0 Å². The van der Waals surface area contributed by atoms with Gasteiger partial charge in [0.2, 0.25) is 5.95 Å². The van der Waals surface area contributed by atoms with Crippen molar-refractivity contribution >= 4 is 5.95 Å². The minimum atomic E-state index is -1.05. The molecule has 9 heteroatoms. The maximum absolute atomic E-state index is 11.6. The molecule has 9 nitrogen and oxygen atoms in total. The van der Waals surface area contributed by atoms with Crippen molar-refractivity contribution in [3.63, 3.8) is 0 Å². The summed E-state index contributed by atoms with van der Waals surface area (Å²) < 4.78 is 11.5. The van der Waals surface area contributed by atoms with Crippen molar-refractivity contribution in [3.05, 3.63) is 16.8 Å². The Morgan fingerprint density at radius 1 is 1.67 bits per heavy atom. The third-order valence-corrected chi connectivity index (χ3v) is 2.78. The van der Waals surface area contributed by atoms with Gasteiger partial charge in [-0.05, 0) is 0 Å². The highest BCUT2D eigenvalue weighted by Crippen LogP contribution is 2.29. The summed E-state index contributed by atoms with van der Waals surface area (Å²) >= 11 is 0. The Bertz CT molecular complexity index is 478. The zero-order chi connectivity index (χ0) is 13.3. The molecule has 0 amide bonds. The number of aliphatic hydroxyl groups is 2. The number of hydrogen-bond acceptors (Lipinski definition) is 8. The molecule has 0 saturated carbocycles. The van der Waals surface area contributed by atoms with E-state index < -0.39 is 30.2 Å². The molecule has 0 unspecified atom stereocenters. The average Bonchev–Trinajstić information content (AvgIpc) is 2.65. The van der Waals surface area contributed by atoms with E-state index in [-0.39, 0.29) is 12.6 Å². The number of nitrogens with zero attached hydrogens (tertiary/aromatic N) is 3. The number of nitrogen functional groups attached to an aromatic ring is 1. The van der Waals surface area contributed by atoms with Crippen molar-refractivity contribution in [2.45, 2.75) is 24.5 Å². The highest BCUT2D eigenvalue weighted by atomic mass is 16.6. The van der Waals surface area contributed by atoms with Gasteiger partial charge in [0.15, 0.2) is 6.23 Å². The Labute approximate surface area is 102 Å². The lowest BCUT2D eigenvalue weighted by molar-refractivity contribution is -0.0629. The molecule has 100 valence electrons. The summed E-state index contributed by atoms with van der Waals surface area (Å²) in [6, 6.07) is 0. The first-order chi connectivity index (χ1) is 8.58. The summed E-state index contributed by atoms with van der Waals surface area (Å²) in [6.07, 6.45) is -2.42. The molecule has 1 aliphatic heterocycles. The maximum Gasteiger partial charge on any atom is 0.354 e. The summed E-state index contributed by atoms with van der Waals surface area (Å²) in [5.74, 6) is -0.150. The molecule has 4 atom stereocenters. The standard InChI is InChI=1S/C9H14N4O5/c1-17-6-5(15)4(2-14)18-7(6)13-3-11-8(10)12-9(13)16/h3-7,14-15H,2H2,1H3,(H2,10,12,16)/t4-,5+,6-,7-/m1/s1. The SMILES string of the molecule is CO[C@@H]1[C@@H](O)[C@@H](CO)O[C@H]1n1cnc(N)nc1=O. The Morgan fingerprint density at radius 3 is 2.94 bits per heavy atom. The highest BCUT2D eigenvalue weighted by molar-refractivity contribution is 5.10. The summed E-state index contributed by atoms with van der Waals surface area (Å²) in [5, 5.41) is 18.9. The van der Waals surface area contributed by atoms with Gasteiger partial charge in [-0.25, -0.2) is 9.78 Å². The molecule has 2 heterocycles. The van der Waals surface area contributed by atoms with Gasteiger partial charge >= 0.3 is 5.69 Å². The van der Waals surface area contributed by atoms with Crippen LogP contribution in [0.15, 0.2) is 11.1 Å². The van der Waals surface area contributed by atoms with Crippen molar-refractivity contribution in [3.8, 4) is 0 Å². The van der Waals surface area contributed by atoms with Gasteiger partial charge < -0.3 is 25.4 Å². The van der Waals surface area contributed by atoms with Crippen molar-refractivity contribution in [1.29, 1.82) is 0 Å². The van der Waals surface area contributed by atoms with Crippen LogP contribution >= 0.6 is 0 Å². The lowest BCUT2D eigenvalue weighted by Crippen LogP contribution is -2.37. The van der Waals surface area contributed by atoms with E-state index in [9.17, 15) is 9.90 Å². The molecule has 18 heavy (non-hydrogen) atoms. The minimum absolute atomic E-state index is 0.150. The van der Waals surface area contributed by atoms with Crippen molar-refractivity contribution in [2.24, 2.45) is 0 Å². The lowest BCUT2D eigenvalue weighted by Gasteiger charge is -2.19. The molecule has 0 bridgehead atoms. The summed E-state index contributed by atoms with van der Waals surface area (Å²) in [5.41, 5.74) is 4.61. The zero-order valence-electron chi connectivity index (χ0n) is 9.63. The molecule has 0 aliphatic carbocycles. The summed E-state index contributed by atoms with van der Waals surface area (Å²) in [7, 11) is 1.37. The highest BCUT2D eigenvalue weighted by Gasteiger charge is 2.45. The predicted octanol–water partition coefficient (Wildman–Crippen LogP) is -2.51. The van der Waals surface area contributed by atoms with E-state index in [0.717, 1.165) is 10.9 Å². The predicted molar refractivity (Wildman–Crippen MR) is 58.5 cm³/mol. The molecule has 0 radical (unpaired) electrons. The largest absolute Gasteiger partial charge is 0.394 e. The van der Waals surface area contributed by atoms with Crippen LogP contribution in [0.2, 0.25) is 0 Å². The second-order valence-corrected chi connectivity index (χ2v) is 3.84. The van der Waals surface area contributed by atoms with E-state index in [1.807, 2.05) is 0 Å². The fourth-order valence-electron chi connectivity index (χ4n) is 1.88. The van der Waals surface area contributed by atoms with Crippen LogP contribution in [0, 0.1) is 0 Å². The number of aliphatic hydroxyl groups excluding tert-OH is 2. The Balaban J connectivity index is 2.35. The normalized spacial score (nSPS) is 31.7. The quantitative estimate of drug-likeness (QED) is 0.541. The van der Waals surface area contributed by atoms with Crippen LogP contribution < -0.4 is 11.4 Å². The molecule has 1 fully saturated rings. The second kappa shape index (κ2) is 4.98. The number of aromatic nitrogens is 3. The molecule has 1 aromatic rings. The molecular formula is C9H14N4O5. The fourth-order valence-corrected chi connectivity index (χ4v) is 1.88. The van der Waals surface area contributed by atoms with Crippen LogP contribution in [-0.4, -0.2) is 56.8 Å². The van der Waals surface area contributed by atoms with E-state index in [2.05, 4.69) is 9.97 Å². The smallest absolute Gasteiger partial charge is 0.354 e. The number of methoxy groups -OCH3 is 1. The third kappa shape index (κ3) is 2.08. The van der Waals surface area contributed by atoms with Crippen LogP contribution in [0.1, 0.15) is 6.23 Å². The van der Waals surface area contributed by atoms with E-state index in [4.69, 9.17) is 20.3 Å². The van der Waals surface area contributed by atoms with Gasteiger partial charge in [0.1, 0.15) is 24.6 Å². The van der Waals surface area contributed by atoms with E-state index in [1.54, 1.807) is 0 Å². The fraction of sp³-hybridized carbons (Fsp3) is 0.667. The molecule has 1 aliphatic rings. The van der Waals surface area contributed by atoms with Crippen molar-refractivity contribution < 1.29 is 19.7 Å². The van der Waals surface area contributed by atoms with Crippen molar-refractivity contribution in [1.82, 2.24) is 14.5 Å². The number of ether oxygens (including phenoxy) is 2. The lowest BCUT2D eigenvalue weighted by atomic mass is 10.1. The van der Waals surface area contributed by atoms with E-state index in [0.29, 0.717) is 0 Å². The number of hydrogen-bond donors (Lipinski definition) is 3. The topological polar surface area (TPSA) is 133 Å². The Hall–Kier alpha value is -1.55. The molecule has 0 aromatic carbocycles. The van der Waals surface area contributed by atoms with E-state index in [1.165, 1.54) is 7.11 Å². The minimum Gasteiger partial charge on any atom is -0.394 e. The molecule has 0 spiro atoms. The monoisotopic (exact) mass is 258 g/mol. The van der Waals surface area contributed by atoms with Gasteiger partial charge in [0.05, 0.1) is 6.61 Å². The van der Waals surface area contributed by atoms with Gasteiger partial charge in [0.25, 0.3) is 0 Å².